The number of aliphatic imine (C=N–C) groups is 1. The largest absolute Gasteiger partial charge is 0.316 e. The van der Waals surface area contributed by atoms with Gasteiger partial charge < -0.3 is 5.32 Å². The average molecular weight is 170 g/mol. The van der Waals surface area contributed by atoms with E-state index in [4.69, 9.17) is 0 Å². The van der Waals surface area contributed by atoms with Crippen LogP contribution < -0.4 is 5.32 Å². The summed E-state index contributed by atoms with van der Waals surface area (Å²) in [6, 6.07) is 0. The lowest BCUT2D eigenvalue weighted by molar-refractivity contribution is 0.573. The highest BCUT2D eigenvalue weighted by molar-refractivity contribution is 5.61. The molecule has 12 heavy (non-hydrogen) atoms. The Balaban J connectivity index is 3.68. The van der Waals surface area contributed by atoms with Crippen molar-refractivity contribution in [3.63, 3.8) is 0 Å². The first kappa shape index (κ1) is 11.6. The highest BCUT2D eigenvalue weighted by Crippen LogP contribution is 2.05. The van der Waals surface area contributed by atoms with Gasteiger partial charge in [-0.2, -0.15) is 0 Å². The molecule has 0 aromatic heterocycles. The second-order valence-electron chi connectivity index (χ2n) is 4.23. The number of nitrogens with one attached hydrogen (secondary N) is 1. The van der Waals surface area contributed by atoms with Crippen LogP contribution in [0.4, 0.5) is 0 Å². The van der Waals surface area contributed by atoms with E-state index in [9.17, 15) is 0 Å². The molecule has 2 heteroatoms. The molecule has 0 amide bonds. The normalized spacial score (nSPS) is 15.4. The predicted molar refractivity (Wildman–Crippen MR) is 56.0 cm³/mol. The molecule has 0 spiro atoms. The topological polar surface area (TPSA) is 24.4 Å². The van der Waals surface area contributed by atoms with Crippen molar-refractivity contribution in [2.45, 2.75) is 40.2 Å². The zero-order valence-electron chi connectivity index (χ0n) is 9.02. The molecule has 0 aromatic carbocycles. The molecule has 0 aromatic rings. The number of rotatable bonds is 4. The van der Waals surface area contributed by atoms with Gasteiger partial charge in [0.2, 0.25) is 0 Å². The molecule has 0 bridgehead atoms. The number of hydrogen-bond donors (Lipinski definition) is 1. The van der Waals surface area contributed by atoms with E-state index in [2.05, 4.69) is 44.9 Å². The Morgan fingerprint density at radius 2 is 2.00 bits per heavy atom. The summed E-state index contributed by atoms with van der Waals surface area (Å²) in [5, 5.41) is 3.29. The first-order valence-electron chi connectivity index (χ1n) is 4.71. The molecule has 2 nitrogen and oxygen atoms in total. The SMILES string of the molecule is CCNCC(C)C=NC(C)(C)C. The molecule has 0 heterocycles. The lowest BCUT2D eigenvalue weighted by Gasteiger charge is -2.13. The highest BCUT2D eigenvalue weighted by atomic mass is 14.9. The summed E-state index contributed by atoms with van der Waals surface area (Å²) in [5.74, 6) is 0.532. The van der Waals surface area contributed by atoms with Crippen LogP contribution in [0.25, 0.3) is 0 Å². The Kier molecular flexibility index (Phi) is 5.14. The molecule has 0 aliphatic heterocycles. The minimum absolute atomic E-state index is 0.0699. The third kappa shape index (κ3) is 7.73. The van der Waals surface area contributed by atoms with E-state index in [0.29, 0.717) is 5.92 Å². The van der Waals surface area contributed by atoms with Gasteiger partial charge in [0.05, 0.1) is 5.54 Å². The standard InChI is InChI=1S/C10H22N2/c1-6-11-7-9(2)8-12-10(3,4)5/h8-9,11H,6-7H2,1-5H3. The van der Waals surface area contributed by atoms with E-state index < -0.39 is 0 Å². The van der Waals surface area contributed by atoms with Crippen LogP contribution in [0.15, 0.2) is 4.99 Å². The third-order valence-corrected chi connectivity index (χ3v) is 1.43. The Morgan fingerprint density at radius 3 is 2.42 bits per heavy atom. The van der Waals surface area contributed by atoms with Crippen molar-refractivity contribution in [2.75, 3.05) is 13.1 Å². The van der Waals surface area contributed by atoms with Crippen LogP contribution in [0.5, 0.6) is 0 Å². The van der Waals surface area contributed by atoms with Gasteiger partial charge >= 0.3 is 0 Å². The van der Waals surface area contributed by atoms with E-state index in [1.165, 1.54) is 0 Å². The van der Waals surface area contributed by atoms with Gasteiger partial charge in [0, 0.05) is 18.7 Å². The lowest BCUT2D eigenvalue weighted by atomic mass is 10.1. The number of nitrogens with zero attached hydrogens (tertiary/aromatic N) is 1. The summed E-state index contributed by atoms with van der Waals surface area (Å²) in [4.78, 5) is 4.44. The molecule has 1 N–H and O–H groups in total. The van der Waals surface area contributed by atoms with Gasteiger partial charge in [0.15, 0.2) is 0 Å². The minimum atomic E-state index is 0.0699. The van der Waals surface area contributed by atoms with E-state index in [1.807, 2.05) is 6.21 Å². The molecule has 1 atom stereocenters. The van der Waals surface area contributed by atoms with Gasteiger partial charge in [-0.25, -0.2) is 0 Å². The molecule has 0 saturated carbocycles. The third-order valence-electron chi connectivity index (χ3n) is 1.43. The van der Waals surface area contributed by atoms with Crippen LogP contribution in [0.3, 0.4) is 0 Å². The fourth-order valence-electron chi connectivity index (χ4n) is 0.776. The molecule has 72 valence electrons. The smallest absolute Gasteiger partial charge is 0.0520 e. The van der Waals surface area contributed by atoms with Crippen molar-refractivity contribution < 1.29 is 0 Å². The number of hydrogen-bond acceptors (Lipinski definition) is 2. The molecule has 1 unspecified atom stereocenters. The molecule has 0 saturated heterocycles. The minimum Gasteiger partial charge on any atom is -0.316 e. The lowest BCUT2D eigenvalue weighted by Crippen LogP contribution is -2.22. The van der Waals surface area contributed by atoms with Gasteiger partial charge in [-0.3, -0.25) is 4.99 Å². The Morgan fingerprint density at radius 1 is 1.42 bits per heavy atom. The summed E-state index contributed by atoms with van der Waals surface area (Å²) < 4.78 is 0. The zero-order chi connectivity index (χ0) is 9.61. The fourth-order valence-corrected chi connectivity index (χ4v) is 0.776. The monoisotopic (exact) mass is 170 g/mol. The molecule has 0 radical (unpaired) electrons. The molecule has 0 aliphatic rings. The maximum absolute atomic E-state index is 4.44. The summed E-state index contributed by atoms with van der Waals surface area (Å²) in [6.07, 6.45) is 2.04. The van der Waals surface area contributed by atoms with Gasteiger partial charge in [-0.1, -0.05) is 13.8 Å². The van der Waals surface area contributed by atoms with Gasteiger partial charge in [0.25, 0.3) is 0 Å². The van der Waals surface area contributed by atoms with Gasteiger partial charge in [-0.05, 0) is 27.3 Å². The molecular formula is C10H22N2. The quantitative estimate of drug-likeness (QED) is 0.642. The average Bonchev–Trinajstić information content (AvgIpc) is 1.95. The second kappa shape index (κ2) is 5.31. The summed E-state index contributed by atoms with van der Waals surface area (Å²) in [5.41, 5.74) is 0.0699. The molecular weight excluding hydrogens is 148 g/mol. The van der Waals surface area contributed by atoms with E-state index in [-0.39, 0.29) is 5.54 Å². The van der Waals surface area contributed by atoms with Crippen LogP contribution in [0, 0.1) is 5.92 Å². The van der Waals surface area contributed by atoms with Crippen molar-refractivity contribution in [1.29, 1.82) is 0 Å². The maximum Gasteiger partial charge on any atom is 0.0520 e. The molecule has 0 fully saturated rings. The van der Waals surface area contributed by atoms with Crippen molar-refractivity contribution in [3.8, 4) is 0 Å². The Bertz CT molecular complexity index is 133. The summed E-state index contributed by atoms with van der Waals surface area (Å²) >= 11 is 0. The second-order valence-corrected chi connectivity index (χ2v) is 4.23. The van der Waals surface area contributed by atoms with Crippen molar-refractivity contribution in [1.82, 2.24) is 5.32 Å². The Labute approximate surface area is 76.5 Å². The van der Waals surface area contributed by atoms with Crippen molar-refractivity contribution >= 4 is 6.21 Å². The van der Waals surface area contributed by atoms with E-state index in [0.717, 1.165) is 13.1 Å². The summed E-state index contributed by atoms with van der Waals surface area (Å²) in [7, 11) is 0. The molecule has 0 aliphatic carbocycles. The van der Waals surface area contributed by atoms with Crippen LogP contribution in [0.2, 0.25) is 0 Å². The molecule has 0 rings (SSSR count). The van der Waals surface area contributed by atoms with Gasteiger partial charge in [-0.15, -0.1) is 0 Å². The van der Waals surface area contributed by atoms with Crippen LogP contribution in [-0.2, 0) is 0 Å². The van der Waals surface area contributed by atoms with Gasteiger partial charge in [0.1, 0.15) is 0 Å². The first-order chi connectivity index (χ1) is 5.45. The van der Waals surface area contributed by atoms with Crippen molar-refractivity contribution in [2.24, 2.45) is 10.9 Å². The zero-order valence-corrected chi connectivity index (χ0v) is 9.02. The van der Waals surface area contributed by atoms with Crippen LogP contribution >= 0.6 is 0 Å². The maximum atomic E-state index is 4.44. The van der Waals surface area contributed by atoms with Crippen LogP contribution in [-0.4, -0.2) is 24.8 Å². The van der Waals surface area contributed by atoms with E-state index >= 15 is 0 Å². The van der Waals surface area contributed by atoms with Crippen molar-refractivity contribution in [3.05, 3.63) is 0 Å². The fraction of sp³-hybridized carbons (Fsp3) is 0.900. The Hall–Kier alpha value is -0.370. The van der Waals surface area contributed by atoms with Crippen LogP contribution in [0.1, 0.15) is 34.6 Å². The summed E-state index contributed by atoms with van der Waals surface area (Å²) in [6.45, 7) is 12.7. The van der Waals surface area contributed by atoms with E-state index in [1.54, 1.807) is 0 Å². The predicted octanol–water partition coefficient (Wildman–Crippen LogP) is 2.10. The highest BCUT2D eigenvalue weighted by Gasteiger charge is 2.05. The first-order valence-corrected chi connectivity index (χ1v) is 4.71.